The molecule has 0 spiro atoms. The lowest BCUT2D eigenvalue weighted by molar-refractivity contribution is 0.102. The number of hydrogen-bond acceptors (Lipinski definition) is 6. The molecule has 3 aromatic rings. The molecule has 1 aromatic heterocycles. The number of benzene rings is 2. The van der Waals surface area contributed by atoms with Crippen LogP contribution >= 0.6 is 0 Å². The molecule has 0 atom stereocenters. The Kier molecular flexibility index (Phi) is 6.06. The van der Waals surface area contributed by atoms with Crippen LogP contribution < -0.4 is 20.1 Å². The largest absolute Gasteiger partial charge is 0.497 e. The second-order valence-electron chi connectivity index (χ2n) is 5.98. The minimum atomic E-state index is -0.377. The van der Waals surface area contributed by atoms with Gasteiger partial charge in [0.15, 0.2) is 0 Å². The van der Waals surface area contributed by atoms with E-state index < -0.39 is 0 Å². The first-order valence-corrected chi connectivity index (χ1v) is 8.84. The van der Waals surface area contributed by atoms with Gasteiger partial charge in [0.25, 0.3) is 5.91 Å². The molecule has 2 N–H and O–H groups in total. The Morgan fingerprint density at radius 2 is 1.79 bits per heavy atom. The molecule has 3 rings (SSSR count). The third-order valence-corrected chi connectivity index (χ3v) is 4.19. The molecule has 0 saturated carbocycles. The molecule has 0 aliphatic carbocycles. The summed E-state index contributed by atoms with van der Waals surface area (Å²) >= 11 is 0. The van der Waals surface area contributed by atoms with E-state index in [1.807, 2.05) is 24.3 Å². The molecular weight excluding hydrogens is 356 g/mol. The van der Waals surface area contributed by atoms with Gasteiger partial charge in [0, 0.05) is 17.8 Å². The van der Waals surface area contributed by atoms with Crippen molar-refractivity contribution in [3.8, 4) is 11.5 Å². The van der Waals surface area contributed by atoms with E-state index >= 15 is 0 Å². The fourth-order valence-electron chi connectivity index (χ4n) is 2.62. The fraction of sp³-hybridized carbons (Fsp3) is 0.190. The fourth-order valence-corrected chi connectivity index (χ4v) is 2.62. The number of nitrogens with one attached hydrogen (secondary N) is 2. The Morgan fingerprint density at radius 1 is 1.00 bits per heavy atom. The van der Waals surface area contributed by atoms with Crippen molar-refractivity contribution in [1.29, 1.82) is 0 Å². The number of aryl methyl sites for hydroxylation is 1. The molecule has 1 heterocycles. The van der Waals surface area contributed by atoms with E-state index in [1.165, 1.54) is 19.0 Å². The SMILES string of the molecule is CCc1ccc(Nc2cc(C(=O)Nc3cc(OC)ccc3OC)ncn2)cc1. The molecule has 0 aliphatic rings. The first-order chi connectivity index (χ1) is 13.6. The molecule has 28 heavy (non-hydrogen) atoms. The number of aromatic nitrogens is 2. The smallest absolute Gasteiger partial charge is 0.274 e. The summed E-state index contributed by atoms with van der Waals surface area (Å²) in [5.74, 6) is 1.29. The monoisotopic (exact) mass is 378 g/mol. The minimum Gasteiger partial charge on any atom is -0.497 e. The molecule has 7 nitrogen and oxygen atoms in total. The zero-order chi connectivity index (χ0) is 19.9. The van der Waals surface area contributed by atoms with Gasteiger partial charge in [-0.2, -0.15) is 0 Å². The number of ether oxygens (including phenoxy) is 2. The van der Waals surface area contributed by atoms with Crippen LogP contribution in [0.1, 0.15) is 23.0 Å². The molecule has 0 saturated heterocycles. The van der Waals surface area contributed by atoms with Gasteiger partial charge in [-0.1, -0.05) is 19.1 Å². The molecule has 0 radical (unpaired) electrons. The second kappa shape index (κ2) is 8.85. The van der Waals surface area contributed by atoms with E-state index in [9.17, 15) is 4.79 Å². The molecule has 0 bridgehead atoms. The van der Waals surface area contributed by atoms with Gasteiger partial charge >= 0.3 is 0 Å². The number of anilines is 3. The summed E-state index contributed by atoms with van der Waals surface area (Å²) in [6.45, 7) is 2.11. The van der Waals surface area contributed by atoms with Crippen molar-refractivity contribution >= 4 is 23.1 Å². The van der Waals surface area contributed by atoms with Crippen LogP contribution in [0.15, 0.2) is 54.9 Å². The Labute approximate surface area is 163 Å². The summed E-state index contributed by atoms with van der Waals surface area (Å²) in [5.41, 5.74) is 2.86. The van der Waals surface area contributed by atoms with Gasteiger partial charge in [-0.25, -0.2) is 9.97 Å². The molecule has 1 amide bonds. The van der Waals surface area contributed by atoms with E-state index in [2.05, 4.69) is 27.5 Å². The van der Waals surface area contributed by atoms with Crippen molar-refractivity contribution in [3.63, 3.8) is 0 Å². The summed E-state index contributed by atoms with van der Waals surface area (Å²) < 4.78 is 10.5. The van der Waals surface area contributed by atoms with Crippen LogP contribution in [0.4, 0.5) is 17.2 Å². The van der Waals surface area contributed by atoms with E-state index in [4.69, 9.17) is 9.47 Å². The topological polar surface area (TPSA) is 85.4 Å². The molecule has 2 aromatic carbocycles. The Bertz CT molecular complexity index is 958. The predicted molar refractivity (Wildman–Crippen MR) is 109 cm³/mol. The third-order valence-electron chi connectivity index (χ3n) is 4.19. The third kappa shape index (κ3) is 4.56. The van der Waals surface area contributed by atoms with E-state index in [1.54, 1.807) is 31.4 Å². The molecule has 0 aliphatic heterocycles. The Hall–Kier alpha value is -3.61. The summed E-state index contributed by atoms with van der Waals surface area (Å²) in [4.78, 5) is 20.9. The lowest BCUT2D eigenvalue weighted by atomic mass is 10.1. The molecule has 7 heteroatoms. The molecule has 144 valence electrons. The molecular formula is C21H22N4O3. The highest BCUT2D eigenvalue weighted by atomic mass is 16.5. The minimum absolute atomic E-state index is 0.229. The van der Waals surface area contributed by atoms with Crippen molar-refractivity contribution in [2.24, 2.45) is 0 Å². The molecule has 0 fully saturated rings. The Morgan fingerprint density at radius 3 is 2.46 bits per heavy atom. The van der Waals surface area contributed by atoms with Gasteiger partial charge in [-0.3, -0.25) is 4.79 Å². The van der Waals surface area contributed by atoms with Crippen molar-refractivity contribution in [3.05, 3.63) is 66.1 Å². The number of amides is 1. The molecule has 0 unspecified atom stereocenters. The van der Waals surface area contributed by atoms with Crippen molar-refractivity contribution < 1.29 is 14.3 Å². The van der Waals surface area contributed by atoms with E-state index in [0.29, 0.717) is 23.0 Å². The normalized spacial score (nSPS) is 10.2. The Balaban J connectivity index is 1.76. The predicted octanol–water partition coefficient (Wildman–Crippen LogP) is 4.05. The summed E-state index contributed by atoms with van der Waals surface area (Å²) in [6.07, 6.45) is 2.33. The van der Waals surface area contributed by atoms with Crippen molar-refractivity contribution in [2.45, 2.75) is 13.3 Å². The van der Waals surface area contributed by atoms with Gasteiger partial charge in [0.1, 0.15) is 29.3 Å². The first kappa shape index (κ1) is 19.2. The van der Waals surface area contributed by atoms with Crippen LogP contribution in [0.25, 0.3) is 0 Å². The zero-order valence-corrected chi connectivity index (χ0v) is 16.0. The van der Waals surface area contributed by atoms with Crippen LogP contribution in [0.2, 0.25) is 0 Å². The van der Waals surface area contributed by atoms with Crippen molar-refractivity contribution in [1.82, 2.24) is 9.97 Å². The van der Waals surface area contributed by atoms with Crippen LogP contribution in [-0.4, -0.2) is 30.1 Å². The second-order valence-corrected chi connectivity index (χ2v) is 5.98. The van der Waals surface area contributed by atoms with Crippen LogP contribution in [0.3, 0.4) is 0 Å². The average Bonchev–Trinajstić information content (AvgIpc) is 2.74. The lowest BCUT2D eigenvalue weighted by Gasteiger charge is -2.12. The van der Waals surface area contributed by atoms with Gasteiger partial charge in [0.05, 0.1) is 19.9 Å². The highest BCUT2D eigenvalue weighted by Gasteiger charge is 2.13. The highest BCUT2D eigenvalue weighted by Crippen LogP contribution is 2.29. The highest BCUT2D eigenvalue weighted by molar-refractivity contribution is 6.04. The van der Waals surface area contributed by atoms with Gasteiger partial charge in [-0.15, -0.1) is 0 Å². The maximum absolute atomic E-state index is 12.6. The van der Waals surface area contributed by atoms with Gasteiger partial charge < -0.3 is 20.1 Å². The maximum Gasteiger partial charge on any atom is 0.274 e. The number of nitrogens with zero attached hydrogens (tertiary/aromatic N) is 2. The van der Waals surface area contributed by atoms with Crippen LogP contribution in [0, 0.1) is 0 Å². The number of hydrogen-bond donors (Lipinski definition) is 2. The zero-order valence-electron chi connectivity index (χ0n) is 16.0. The first-order valence-electron chi connectivity index (χ1n) is 8.84. The number of rotatable bonds is 7. The van der Waals surface area contributed by atoms with Crippen LogP contribution in [-0.2, 0) is 6.42 Å². The van der Waals surface area contributed by atoms with Crippen molar-refractivity contribution in [2.75, 3.05) is 24.9 Å². The summed E-state index contributed by atoms with van der Waals surface area (Å²) in [6, 6.07) is 14.8. The summed E-state index contributed by atoms with van der Waals surface area (Å²) in [5, 5.41) is 5.98. The van der Waals surface area contributed by atoms with Gasteiger partial charge in [-0.05, 0) is 36.2 Å². The van der Waals surface area contributed by atoms with E-state index in [0.717, 1.165) is 12.1 Å². The number of carbonyl (C=O) groups excluding carboxylic acids is 1. The van der Waals surface area contributed by atoms with E-state index in [-0.39, 0.29) is 11.6 Å². The van der Waals surface area contributed by atoms with Gasteiger partial charge in [0.2, 0.25) is 0 Å². The maximum atomic E-state index is 12.6. The summed E-state index contributed by atoms with van der Waals surface area (Å²) in [7, 11) is 3.09. The standard InChI is InChI=1S/C21H22N4O3/c1-4-14-5-7-15(8-6-14)24-20-12-18(22-13-23-20)21(26)25-17-11-16(27-2)9-10-19(17)28-3/h5-13H,4H2,1-3H3,(H,25,26)(H,22,23,24). The number of methoxy groups -OCH3 is 2. The number of carbonyl (C=O) groups is 1. The van der Waals surface area contributed by atoms with Crippen LogP contribution in [0.5, 0.6) is 11.5 Å². The lowest BCUT2D eigenvalue weighted by Crippen LogP contribution is -2.15. The average molecular weight is 378 g/mol. The quantitative estimate of drug-likeness (QED) is 0.645.